The summed E-state index contributed by atoms with van der Waals surface area (Å²) in [6.45, 7) is 0. The number of hydrogen-bond acceptors (Lipinski definition) is 5. The van der Waals surface area contributed by atoms with Gasteiger partial charge in [0.1, 0.15) is 22.8 Å². The molecule has 0 fully saturated rings. The SMILES string of the molecule is COc1ccc(OC)c(NC(=O)c2oc3ccccc3c2NC(=O)c2ccccc2)c1. The van der Waals surface area contributed by atoms with E-state index < -0.39 is 5.91 Å². The number of benzene rings is 3. The van der Waals surface area contributed by atoms with E-state index in [1.54, 1.807) is 60.7 Å². The summed E-state index contributed by atoms with van der Waals surface area (Å²) < 4.78 is 16.4. The summed E-state index contributed by atoms with van der Waals surface area (Å²) in [5, 5.41) is 6.22. The highest BCUT2D eigenvalue weighted by Gasteiger charge is 2.23. The standard InChI is InChI=1S/C24H20N2O5/c1-29-16-12-13-20(30-2)18(14-16)25-24(28)22-21(17-10-6-7-11-19(17)31-22)26-23(27)15-8-4-3-5-9-15/h3-14H,1-2H3,(H,25,28)(H,26,27). The van der Waals surface area contributed by atoms with Gasteiger partial charge in [-0.15, -0.1) is 0 Å². The molecule has 0 bridgehead atoms. The van der Waals surface area contributed by atoms with Crippen molar-refractivity contribution in [3.63, 3.8) is 0 Å². The van der Waals surface area contributed by atoms with E-state index in [2.05, 4.69) is 10.6 Å². The number of carbonyl (C=O) groups is 2. The van der Waals surface area contributed by atoms with Crippen molar-refractivity contribution in [3.05, 3.63) is 84.1 Å². The molecule has 3 aromatic carbocycles. The molecule has 1 aromatic heterocycles. The predicted molar refractivity (Wildman–Crippen MR) is 118 cm³/mol. The molecule has 4 aromatic rings. The number of rotatable bonds is 6. The minimum absolute atomic E-state index is 0.0182. The molecule has 0 aliphatic carbocycles. The number of anilines is 2. The van der Waals surface area contributed by atoms with E-state index >= 15 is 0 Å². The summed E-state index contributed by atoms with van der Waals surface area (Å²) in [5.74, 6) is 0.111. The smallest absolute Gasteiger partial charge is 0.293 e. The molecule has 0 saturated carbocycles. The summed E-state index contributed by atoms with van der Waals surface area (Å²) in [7, 11) is 3.04. The van der Waals surface area contributed by atoms with Gasteiger partial charge in [-0.05, 0) is 36.4 Å². The Bertz CT molecular complexity index is 1250. The lowest BCUT2D eigenvalue weighted by atomic mass is 10.1. The topological polar surface area (TPSA) is 89.8 Å². The minimum atomic E-state index is -0.536. The molecule has 2 N–H and O–H groups in total. The summed E-state index contributed by atoms with van der Waals surface area (Å²) >= 11 is 0. The molecule has 31 heavy (non-hydrogen) atoms. The van der Waals surface area contributed by atoms with Gasteiger partial charge in [0.2, 0.25) is 5.76 Å². The van der Waals surface area contributed by atoms with Crippen LogP contribution in [0.4, 0.5) is 11.4 Å². The lowest BCUT2D eigenvalue weighted by Crippen LogP contribution is -2.17. The second-order valence-corrected chi connectivity index (χ2v) is 6.64. The molecule has 156 valence electrons. The van der Waals surface area contributed by atoms with Gasteiger partial charge in [0, 0.05) is 17.0 Å². The highest BCUT2D eigenvalue weighted by atomic mass is 16.5. The summed E-state index contributed by atoms with van der Waals surface area (Å²) in [6.07, 6.45) is 0. The van der Waals surface area contributed by atoms with Gasteiger partial charge >= 0.3 is 0 Å². The lowest BCUT2D eigenvalue weighted by Gasteiger charge is -2.12. The molecule has 0 radical (unpaired) electrons. The molecule has 0 atom stereocenters. The minimum Gasteiger partial charge on any atom is -0.497 e. The Hall–Kier alpha value is -4.26. The quantitative estimate of drug-likeness (QED) is 0.464. The second-order valence-electron chi connectivity index (χ2n) is 6.64. The van der Waals surface area contributed by atoms with Gasteiger partial charge in [0.05, 0.1) is 19.9 Å². The van der Waals surface area contributed by atoms with Gasteiger partial charge in [0.25, 0.3) is 11.8 Å². The van der Waals surface area contributed by atoms with Crippen LogP contribution < -0.4 is 20.1 Å². The van der Waals surface area contributed by atoms with Crippen molar-refractivity contribution in [1.29, 1.82) is 0 Å². The number of ether oxygens (including phenoxy) is 2. The van der Waals surface area contributed by atoms with Crippen LogP contribution in [-0.4, -0.2) is 26.0 Å². The van der Waals surface area contributed by atoms with Gasteiger partial charge in [-0.25, -0.2) is 0 Å². The fraction of sp³-hybridized carbons (Fsp3) is 0.0833. The second kappa shape index (κ2) is 8.62. The van der Waals surface area contributed by atoms with E-state index in [1.807, 2.05) is 12.1 Å². The van der Waals surface area contributed by atoms with Gasteiger partial charge in [-0.2, -0.15) is 0 Å². The average molecular weight is 416 g/mol. The Labute approximate surface area is 178 Å². The van der Waals surface area contributed by atoms with Crippen LogP contribution in [0.2, 0.25) is 0 Å². The zero-order valence-electron chi connectivity index (χ0n) is 17.0. The van der Waals surface area contributed by atoms with Crippen molar-refractivity contribution in [2.75, 3.05) is 24.9 Å². The molecular formula is C24H20N2O5. The maximum absolute atomic E-state index is 13.1. The summed E-state index contributed by atoms with van der Waals surface area (Å²) in [6, 6.07) is 20.9. The van der Waals surface area contributed by atoms with Crippen molar-refractivity contribution >= 4 is 34.2 Å². The molecule has 7 nitrogen and oxygen atoms in total. The van der Waals surface area contributed by atoms with Crippen molar-refractivity contribution in [3.8, 4) is 11.5 Å². The molecule has 7 heteroatoms. The van der Waals surface area contributed by atoms with E-state index in [1.165, 1.54) is 14.2 Å². The molecular weight excluding hydrogens is 396 g/mol. The first kappa shape index (κ1) is 20.0. The summed E-state index contributed by atoms with van der Waals surface area (Å²) in [5.41, 5.74) is 1.65. The molecule has 1 heterocycles. The molecule has 0 aliphatic heterocycles. The van der Waals surface area contributed by atoms with Crippen LogP contribution in [0.25, 0.3) is 11.0 Å². The third kappa shape index (κ3) is 4.06. The van der Waals surface area contributed by atoms with E-state index in [0.29, 0.717) is 39.4 Å². The van der Waals surface area contributed by atoms with Crippen LogP contribution >= 0.6 is 0 Å². The number of nitrogens with one attached hydrogen (secondary N) is 2. The molecule has 0 aliphatic rings. The highest BCUT2D eigenvalue weighted by molar-refractivity contribution is 6.17. The molecule has 2 amide bonds. The average Bonchev–Trinajstić information content (AvgIpc) is 3.18. The Morgan fingerprint density at radius 2 is 1.55 bits per heavy atom. The third-order valence-corrected chi connectivity index (χ3v) is 4.73. The van der Waals surface area contributed by atoms with Crippen LogP contribution in [0.15, 0.2) is 77.2 Å². The first-order chi connectivity index (χ1) is 15.1. The predicted octanol–water partition coefficient (Wildman–Crippen LogP) is 4.95. The van der Waals surface area contributed by atoms with Gasteiger partial charge in [-0.3, -0.25) is 9.59 Å². The van der Waals surface area contributed by atoms with E-state index in [0.717, 1.165) is 0 Å². The fourth-order valence-electron chi connectivity index (χ4n) is 3.20. The monoisotopic (exact) mass is 416 g/mol. The van der Waals surface area contributed by atoms with Gasteiger partial charge in [-0.1, -0.05) is 30.3 Å². The van der Waals surface area contributed by atoms with E-state index in [4.69, 9.17) is 13.9 Å². The molecule has 4 rings (SSSR count). The zero-order valence-corrected chi connectivity index (χ0v) is 17.0. The molecule has 0 saturated heterocycles. The third-order valence-electron chi connectivity index (χ3n) is 4.73. The van der Waals surface area contributed by atoms with Crippen molar-refractivity contribution < 1.29 is 23.5 Å². The lowest BCUT2D eigenvalue weighted by molar-refractivity contribution is 0.0999. The Morgan fingerprint density at radius 3 is 2.29 bits per heavy atom. The van der Waals surface area contributed by atoms with Gasteiger partial charge < -0.3 is 24.5 Å². The Balaban J connectivity index is 1.71. The number of methoxy groups -OCH3 is 2. The Kier molecular flexibility index (Phi) is 5.57. The van der Waals surface area contributed by atoms with Gasteiger partial charge in [0.15, 0.2) is 0 Å². The highest BCUT2D eigenvalue weighted by Crippen LogP contribution is 2.34. The fourth-order valence-corrected chi connectivity index (χ4v) is 3.20. The van der Waals surface area contributed by atoms with Crippen LogP contribution in [0.3, 0.4) is 0 Å². The maximum atomic E-state index is 13.1. The van der Waals surface area contributed by atoms with Crippen molar-refractivity contribution in [1.82, 2.24) is 0 Å². The molecule has 0 spiro atoms. The molecule has 0 unspecified atom stereocenters. The first-order valence-electron chi connectivity index (χ1n) is 9.52. The van der Waals surface area contributed by atoms with E-state index in [9.17, 15) is 9.59 Å². The largest absolute Gasteiger partial charge is 0.497 e. The number of para-hydroxylation sites is 1. The normalized spacial score (nSPS) is 10.5. The summed E-state index contributed by atoms with van der Waals surface area (Å²) in [4.78, 5) is 25.9. The van der Waals surface area contributed by atoms with Crippen LogP contribution in [0.1, 0.15) is 20.9 Å². The van der Waals surface area contributed by atoms with Crippen LogP contribution in [0.5, 0.6) is 11.5 Å². The first-order valence-corrected chi connectivity index (χ1v) is 9.52. The zero-order chi connectivity index (χ0) is 21.8. The van der Waals surface area contributed by atoms with Crippen LogP contribution in [0, 0.1) is 0 Å². The van der Waals surface area contributed by atoms with Crippen molar-refractivity contribution in [2.45, 2.75) is 0 Å². The van der Waals surface area contributed by atoms with Crippen LogP contribution in [-0.2, 0) is 0 Å². The van der Waals surface area contributed by atoms with Crippen molar-refractivity contribution in [2.24, 2.45) is 0 Å². The van der Waals surface area contributed by atoms with E-state index in [-0.39, 0.29) is 11.7 Å². The Morgan fingerprint density at radius 1 is 0.806 bits per heavy atom. The number of amides is 2. The number of hydrogen-bond donors (Lipinski definition) is 2. The number of carbonyl (C=O) groups excluding carboxylic acids is 2. The maximum Gasteiger partial charge on any atom is 0.293 e. The number of furan rings is 1. The number of fused-ring (bicyclic) bond motifs is 1.